The molecule has 61 heavy (non-hydrogen) atoms. The smallest absolute Gasteiger partial charge is 0.187 e. The molecule has 5 heterocycles. The maximum absolute atomic E-state index is 12.0. The molecule has 0 unspecified atom stereocenters. The summed E-state index contributed by atoms with van der Waals surface area (Å²) in [7, 11) is 0. The fourth-order valence-electron chi connectivity index (χ4n) is 14.6. The molecule has 5 aliphatic heterocycles. The van der Waals surface area contributed by atoms with E-state index in [2.05, 4.69) is 27.7 Å². The number of rotatable bonds is 7. The summed E-state index contributed by atoms with van der Waals surface area (Å²) in [5, 5.41) is 85.9. The fraction of sp³-hybridized carbons (Fsp3) is 1.00. The maximum atomic E-state index is 12.0. The molecule has 9 rings (SSSR count). The summed E-state index contributed by atoms with van der Waals surface area (Å²) < 4.78 is 50.3. The van der Waals surface area contributed by atoms with E-state index in [1.807, 2.05) is 0 Å². The lowest BCUT2D eigenvalue weighted by molar-refractivity contribution is -0.389. The van der Waals surface area contributed by atoms with Crippen molar-refractivity contribution in [2.24, 2.45) is 52.3 Å². The highest BCUT2D eigenvalue weighted by Crippen LogP contribution is 2.71. The summed E-state index contributed by atoms with van der Waals surface area (Å²) in [6.45, 7) is 12.9. The molecule has 0 bridgehead atoms. The van der Waals surface area contributed by atoms with Crippen LogP contribution >= 0.6 is 0 Å². The largest absolute Gasteiger partial charge is 0.394 e. The topological polar surface area (TPSA) is 236 Å². The molecule has 0 aromatic carbocycles. The highest BCUT2D eigenvalue weighted by molar-refractivity contribution is 5.15. The van der Waals surface area contributed by atoms with Crippen LogP contribution in [0.1, 0.15) is 106 Å². The van der Waals surface area contributed by atoms with E-state index >= 15 is 0 Å². The molecule has 16 heteroatoms. The van der Waals surface area contributed by atoms with Crippen molar-refractivity contribution < 1.29 is 78.7 Å². The van der Waals surface area contributed by atoms with Crippen LogP contribution in [0.5, 0.6) is 0 Å². The lowest BCUT2D eigenvalue weighted by Crippen LogP contribution is -2.66. The quantitative estimate of drug-likeness (QED) is 0.169. The van der Waals surface area contributed by atoms with Gasteiger partial charge in [-0.25, -0.2) is 0 Å². The lowest BCUT2D eigenvalue weighted by Gasteiger charge is -2.61. The van der Waals surface area contributed by atoms with Gasteiger partial charge < -0.3 is 78.7 Å². The van der Waals surface area contributed by atoms with Gasteiger partial charge in [0.05, 0.1) is 37.6 Å². The molecular formula is C45H74O16. The number of aliphatic hydroxyl groups is 8. The fourth-order valence-corrected chi connectivity index (χ4v) is 14.6. The Morgan fingerprint density at radius 3 is 1.85 bits per heavy atom. The summed E-state index contributed by atoms with van der Waals surface area (Å²) in [5.74, 6) is 3.27. The van der Waals surface area contributed by atoms with Crippen LogP contribution in [0.3, 0.4) is 0 Å². The van der Waals surface area contributed by atoms with Crippen molar-refractivity contribution in [3.63, 3.8) is 0 Å². The number of aliphatic hydroxyl groups excluding tert-OH is 8. The minimum atomic E-state index is -1.70. The Balaban J connectivity index is 0.897. The molecule has 8 N–H and O–H groups in total. The van der Waals surface area contributed by atoms with Crippen LogP contribution in [0.2, 0.25) is 0 Å². The summed E-state index contributed by atoms with van der Waals surface area (Å²) in [6.07, 6.45) is -11.0. The molecule has 9 aliphatic rings. The lowest BCUT2D eigenvalue weighted by atomic mass is 9.44. The number of hydrogen-bond donors (Lipinski definition) is 8. The van der Waals surface area contributed by atoms with Gasteiger partial charge in [0.1, 0.15) is 61.0 Å². The molecule has 0 aromatic rings. The number of fused-ring (bicyclic) bond motifs is 7. The van der Waals surface area contributed by atoms with Crippen molar-refractivity contribution in [3.8, 4) is 0 Å². The minimum Gasteiger partial charge on any atom is -0.394 e. The molecule has 4 saturated carbocycles. The van der Waals surface area contributed by atoms with E-state index in [0.717, 1.165) is 58.0 Å². The van der Waals surface area contributed by atoms with Gasteiger partial charge >= 0.3 is 0 Å². The molecule has 16 nitrogen and oxygen atoms in total. The third kappa shape index (κ3) is 7.50. The van der Waals surface area contributed by atoms with Crippen molar-refractivity contribution in [1.82, 2.24) is 0 Å². The second-order valence-corrected chi connectivity index (χ2v) is 21.5. The Morgan fingerprint density at radius 2 is 1.23 bits per heavy atom. The van der Waals surface area contributed by atoms with Gasteiger partial charge in [-0.3, -0.25) is 0 Å². The first-order chi connectivity index (χ1) is 28.9. The van der Waals surface area contributed by atoms with Gasteiger partial charge in [0.2, 0.25) is 0 Å². The van der Waals surface area contributed by atoms with Gasteiger partial charge in [0, 0.05) is 12.3 Å². The zero-order valence-corrected chi connectivity index (χ0v) is 36.7. The van der Waals surface area contributed by atoms with Gasteiger partial charge in [0.25, 0.3) is 0 Å². The number of hydrogen-bond acceptors (Lipinski definition) is 16. The first-order valence-electron chi connectivity index (χ1n) is 23.5. The Hall–Kier alpha value is -0.640. The van der Waals surface area contributed by atoms with Crippen molar-refractivity contribution in [2.75, 3.05) is 13.2 Å². The monoisotopic (exact) mass is 870 g/mol. The van der Waals surface area contributed by atoms with Crippen LogP contribution in [0.25, 0.3) is 0 Å². The zero-order chi connectivity index (χ0) is 43.5. The summed E-state index contributed by atoms with van der Waals surface area (Å²) in [6, 6.07) is 0. The Kier molecular flexibility index (Phi) is 12.6. The van der Waals surface area contributed by atoms with Gasteiger partial charge in [0.15, 0.2) is 24.7 Å². The van der Waals surface area contributed by atoms with Gasteiger partial charge in [-0.1, -0.05) is 27.7 Å². The second kappa shape index (κ2) is 16.9. The maximum Gasteiger partial charge on any atom is 0.187 e. The summed E-state index contributed by atoms with van der Waals surface area (Å²) >= 11 is 0. The van der Waals surface area contributed by atoms with E-state index in [9.17, 15) is 40.9 Å². The molecule has 0 radical (unpaired) electrons. The van der Waals surface area contributed by atoms with Crippen LogP contribution in [0, 0.1) is 52.3 Å². The average molecular weight is 871 g/mol. The molecule has 5 saturated heterocycles. The molecule has 4 aliphatic carbocycles. The third-order valence-corrected chi connectivity index (χ3v) is 18.2. The van der Waals surface area contributed by atoms with Crippen molar-refractivity contribution >= 4 is 0 Å². The Labute approximate surface area is 359 Å². The zero-order valence-electron chi connectivity index (χ0n) is 36.7. The van der Waals surface area contributed by atoms with E-state index in [1.54, 1.807) is 0 Å². The Bertz CT molecular complexity index is 1530. The van der Waals surface area contributed by atoms with Crippen LogP contribution in [0.15, 0.2) is 0 Å². The Morgan fingerprint density at radius 1 is 0.590 bits per heavy atom. The van der Waals surface area contributed by atoms with Gasteiger partial charge in [-0.05, 0) is 118 Å². The van der Waals surface area contributed by atoms with E-state index in [0.29, 0.717) is 41.4 Å². The van der Waals surface area contributed by atoms with Crippen molar-refractivity contribution in [1.29, 1.82) is 0 Å². The molecular weight excluding hydrogens is 796 g/mol. The minimum absolute atomic E-state index is 0.122. The molecule has 0 amide bonds. The first kappa shape index (κ1) is 45.5. The second-order valence-electron chi connectivity index (χ2n) is 21.5. The first-order valence-corrected chi connectivity index (χ1v) is 23.5. The van der Waals surface area contributed by atoms with E-state index < -0.39 is 105 Å². The molecule has 1 spiro atoms. The SMILES string of the molecule is C[C@H]1CC[C@@]2(OC1)O[C@H]1C[C@H]3[C@@H]4CC[C@@H]5C[C@@H](O[C@@H]6O[C@H](CO)[C@@H](O[C@@H]7O[C@@H](C)[C@H](O)[C@@H](O)[C@H]7O)[C@H](O)[C@H]6O[C@@H]6O[C@@H](C)[C@H](O)[C@@H](O)[C@H]6O)CC[C@]5(C)[C@H]4CC[C@]3(C)[C@H]1[C@@H]2C. The summed E-state index contributed by atoms with van der Waals surface area (Å²) in [5.41, 5.74) is 0.350. The van der Waals surface area contributed by atoms with Gasteiger partial charge in [-0.15, -0.1) is 0 Å². The normalized spacial score (nSPS) is 59.7. The predicted octanol–water partition coefficient (Wildman–Crippen LogP) is 1.32. The average Bonchev–Trinajstić information content (AvgIpc) is 3.69. The predicted molar refractivity (Wildman–Crippen MR) is 213 cm³/mol. The molecule has 0 aromatic heterocycles. The molecule has 350 valence electrons. The van der Waals surface area contributed by atoms with Crippen molar-refractivity contribution in [2.45, 2.75) is 216 Å². The summed E-state index contributed by atoms with van der Waals surface area (Å²) in [4.78, 5) is 0. The highest BCUT2D eigenvalue weighted by Gasteiger charge is 2.69. The van der Waals surface area contributed by atoms with Crippen LogP contribution in [-0.4, -0.2) is 164 Å². The van der Waals surface area contributed by atoms with E-state index in [4.69, 9.17) is 37.9 Å². The van der Waals surface area contributed by atoms with E-state index in [1.165, 1.54) is 26.7 Å². The van der Waals surface area contributed by atoms with Crippen molar-refractivity contribution in [3.05, 3.63) is 0 Å². The van der Waals surface area contributed by atoms with Gasteiger partial charge in [-0.2, -0.15) is 0 Å². The van der Waals surface area contributed by atoms with E-state index in [-0.39, 0.29) is 23.0 Å². The standard InChI is InChI=1S/C45H74O16/c1-19-9-14-45(54-18-19)20(2)30-28(61-45)16-27-25-8-7-23-15-24(10-12-43(23,5)26(25)11-13-44(27,30)6)57-42-39(60-41-36(52)34(50)32(48)22(4)56-41)37(53)38(29(17-46)58-42)59-40-35(51)33(49)31(47)21(3)55-40/h19-42,46-53H,7-18H2,1-6H3/t19-,20-,21-,22-,23+,24-,25+,26-,27-,28-,29+,30-,31-,32-,33+,34+,35+,36+,37-,38+,39+,40-,41-,42+,43-,44-,45+/m0/s1. The molecule has 9 fully saturated rings. The molecule has 27 atom stereocenters. The highest BCUT2D eigenvalue weighted by atomic mass is 16.8. The van der Waals surface area contributed by atoms with Crippen LogP contribution in [0.4, 0.5) is 0 Å². The number of ether oxygens (including phenoxy) is 8. The third-order valence-electron chi connectivity index (χ3n) is 18.2. The van der Waals surface area contributed by atoms with Crippen LogP contribution in [-0.2, 0) is 37.9 Å². The van der Waals surface area contributed by atoms with Crippen LogP contribution < -0.4 is 0 Å².